The molecular weight excluding hydrogens is 437 g/mol. The number of aromatic nitrogens is 4. The minimum absolute atomic E-state index is 0.0877. The first-order valence-corrected chi connectivity index (χ1v) is 9.27. The van der Waals surface area contributed by atoms with Crippen molar-refractivity contribution in [2.75, 3.05) is 14.2 Å². The number of hydrogen-bond acceptors (Lipinski definition) is 6. The number of esters is 1. The van der Waals surface area contributed by atoms with Gasteiger partial charge in [-0.05, 0) is 24.1 Å². The van der Waals surface area contributed by atoms with Gasteiger partial charge in [0.2, 0.25) is 5.28 Å². The summed E-state index contributed by atoms with van der Waals surface area (Å²) in [4.78, 5) is 24.5. The molecule has 3 aromatic rings. The number of nitrogens with zero attached hydrogens (tertiary/aromatic N) is 4. The van der Waals surface area contributed by atoms with Crippen LogP contribution >= 0.6 is 11.6 Å². The molecule has 0 aliphatic rings. The highest BCUT2D eigenvalue weighted by molar-refractivity contribution is 6.28. The molecule has 1 unspecified atom stereocenters. The zero-order valence-corrected chi connectivity index (χ0v) is 17.7. The number of methoxy groups -OCH3 is 2. The van der Waals surface area contributed by atoms with Crippen LogP contribution in [-0.2, 0) is 28.2 Å². The van der Waals surface area contributed by atoms with Crippen LogP contribution in [0.5, 0.6) is 5.75 Å². The molecule has 0 bridgehead atoms. The third kappa shape index (κ3) is 4.07. The highest BCUT2D eigenvalue weighted by Crippen LogP contribution is 2.38. The molecule has 164 valence electrons. The minimum Gasteiger partial charge on any atom is -0.493 e. The van der Waals surface area contributed by atoms with E-state index in [0.717, 1.165) is 6.20 Å². The van der Waals surface area contributed by atoms with E-state index in [0.29, 0.717) is 11.1 Å². The normalized spacial score (nSPS) is 13.5. The van der Waals surface area contributed by atoms with E-state index >= 15 is 0 Å². The first kappa shape index (κ1) is 22.5. The number of halogens is 4. The number of imidazole rings is 1. The fourth-order valence-corrected chi connectivity index (χ4v) is 3.37. The van der Waals surface area contributed by atoms with Crippen LogP contribution in [0.15, 0.2) is 36.7 Å². The molecule has 1 atom stereocenters. The van der Waals surface area contributed by atoms with E-state index in [2.05, 4.69) is 15.0 Å². The van der Waals surface area contributed by atoms with Gasteiger partial charge in [0.25, 0.3) is 0 Å². The standard InChI is InChI=1S/C20H18ClF3N4O3/c1-19(17(29)31-4,15-13(30-3)9-25-18(21)27-15)12-7-5-11(6-8-12)16-26-14(10-28(16)2)20(22,23)24/h5-10H,1-4H3. The Morgan fingerprint density at radius 2 is 1.77 bits per heavy atom. The van der Waals surface area contributed by atoms with Gasteiger partial charge in [-0.15, -0.1) is 0 Å². The largest absolute Gasteiger partial charge is 0.493 e. The topological polar surface area (TPSA) is 79.1 Å². The molecule has 1 aromatic carbocycles. The number of ether oxygens (including phenoxy) is 2. The summed E-state index contributed by atoms with van der Waals surface area (Å²) in [5.41, 5.74) is -1.34. The lowest BCUT2D eigenvalue weighted by atomic mass is 9.78. The molecule has 0 fully saturated rings. The Labute approximate surface area is 180 Å². The molecule has 0 saturated carbocycles. The highest BCUT2D eigenvalue weighted by Gasteiger charge is 2.43. The summed E-state index contributed by atoms with van der Waals surface area (Å²) in [5.74, 6) is -0.286. The first-order chi connectivity index (χ1) is 14.5. The number of aryl methyl sites for hydroxylation is 1. The van der Waals surface area contributed by atoms with E-state index in [9.17, 15) is 18.0 Å². The van der Waals surface area contributed by atoms with Gasteiger partial charge in [-0.25, -0.2) is 15.0 Å². The number of alkyl halides is 3. The molecule has 3 rings (SSSR count). The molecular formula is C20H18ClF3N4O3. The van der Waals surface area contributed by atoms with E-state index in [-0.39, 0.29) is 22.6 Å². The molecule has 2 heterocycles. The zero-order chi connectivity index (χ0) is 23.0. The number of carbonyl (C=O) groups excluding carboxylic acids is 1. The van der Waals surface area contributed by atoms with Gasteiger partial charge in [-0.1, -0.05) is 24.3 Å². The summed E-state index contributed by atoms with van der Waals surface area (Å²) in [7, 11) is 4.10. The van der Waals surface area contributed by atoms with E-state index in [1.807, 2.05) is 0 Å². The van der Waals surface area contributed by atoms with Crippen LogP contribution in [0.2, 0.25) is 5.28 Å². The van der Waals surface area contributed by atoms with E-state index < -0.39 is 23.3 Å². The fraction of sp³-hybridized carbons (Fsp3) is 0.300. The second-order valence-electron chi connectivity index (χ2n) is 6.81. The number of rotatable bonds is 5. The van der Waals surface area contributed by atoms with E-state index in [1.54, 1.807) is 31.2 Å². The molecule has 11 heteroatoms. The van der Waals surface area contributed by atoms with Crippen molar-refractivity contribution < 1.29 is 27.4 Å². The molecule has 31 heavy (non-hydrogen) atoms. The third-order valence-electron chi connectivity index (χ3n) is 4.90. The van der Waals surface area contributed by atoms with Crippen LogP contribution in [0, 0.1) is 0 Å². The average Bonchev–Trinajstić information content (AvgIpc) is 3.14. The Balaban J connectivity index is 2.11. The Bertz CT molecular complexity index is 1120. The van der Waals surface area contributed by atoms with Gasteiger partial charge < -0.3 is 14.0 Å². The second kappa shape index (κ2) is 8.18. The van der Waals surface area contributed by atoms with Crippen LogP contribution in [0.25, 0.3) is 11.4 Å². The smallest absolute Gasteiger partial charge is 0.434 e. The summed E-state index contributed by atoms with van der Waals surface area (Å²) in [6.45, 7) is 1.58. The quantitative estimate of drug-likeness (QED) is 0.427. The monoisotopic (exact) mass is 454 g/mol. The van der Waals surface area contributed by atoms with Crippen LogP contribution in [0.1, 0.15) is 23.9 Å². The molecule has 0 radical (unpaired) electrons. The molecule has 7 nitrogen and oxygen atoms in total. The summed E-state index contributed by atoms with van der Waals surface area (Å²) >= 11 is 5.94. The van der Waals surface area contributed by atoms with Gasteiger partial charge >= 0.3 is 12.1 Å². The van der Waals surface area contributed by atoms with Crippen molar-refractivity contribution in [3.8, 4) is 17.1 Å². The highest BCUT2D eigenvalue weighted by atomic mass is 35.5. The van der Waals surface area contributed by atoms with Gasteiger partial charge in [0.15, 0.2) is 11.4 Å². The summed E-state index contributed by atoms with van der Waals surface area (Å²) in [6.07, 6.45) is -2.30. The van der Waals surface area contributed by atoms with Crippen molar-refractivity contribution in [2.24, 2.45) is 7.05 Å². The molecule has 0 saturated heterocycles. The summed E-state index contributed by atoms with van der Waals surface area (Å²) < 4.78 is 50.5. The Kier molecular flexibility index (Phi) is 5.95. The maximum absolute atomic E-state index is 13.0. The van der Waals surface area contributed by atoms with Gasteiger partial charge in [0, 0.05) is 18.8 Å². The summed E-state index contributed by atoms with van der Waals surface area (Å²) in [6, 6.07) is 6.30. The molecule has 0 amide bonds. The average molecular weight is 455 g/mol. The fourth-order valence-electron chi connectivity index (χ4n) is 3.24. The van der Waals surface area contributed by atoms with Crippen LogP contribution in [0.4, 0.5) is 13.2 Å². The number of carbonyl (C=O) groups is 1. The third-order valence-corrected chi connectivity index (χ3v) is 5.08. The molecule has 0 aliphatic carbocycles. The van der Waals surface area contributed by atoms with Gasteiger partial charge in [0.05, 0.1) is 20.4 Å². The van der Waals surface area contributed by atoms with Crippen molar-refractivity contribution in [3.05, 3.63) is 58.9 Å². The minimum atomic E-state index is -4.55. The summed E-state index contributed by atoms with van der Waals surface area (Å²) in [5, 5.41) is -0.0877. The van der Waals surface area contributed by atoms with Gasteiger partial charge in [-0.2, -0.15) is 13.2 Å². The van der Waals surface area contributed by atoms with Crippen molar-refractivity contribution in [1.29, 1.82) is 0 Å². The van der Waals surface area contributed by atoms with Crippen LogP contribution in [0.3, 0.4) is 0 Å². The predicted octanol–water partition coefficient (Wildman–Crippen LogP) is 4.04. The van der Waals surface area contributed by atoms with Gasteiger partial charge in [0.1, 0.15) is 16.9 Å². The van der Waals surface area contributed by atoms with Crippen molar-refractivity contribution in [3.63, 3.8) is 0 Å². The Hall–Kier alpha value is -3.14. The second-order valence-corrected chi connectivity index (χ2v) is 7.15. The van der Waals surface area contributed by atoms with Gasteiger partial charge in [-0.3, -0.25) is 4.79 Å². The molecule has 0 spiro atoms. The van der Waals surface area contributed by atoms with Crippen LogP contribution in [-0.4, -0.2) is 39.7 Å². The molecule has 2 aromatic heterocycles. The zero-order valence-electron chi connectivity index (χ0n) is 17.0. The molecule has 0 aliphatic heterocycles. The van der Waals surface area contributed by atoms with Crippen molar-refractivity contribution >= 4 is 17.6 Å². The van der Waals surface area contributed by atoms with E-state index in [4.69, 9.17) is 21.1 Å². The first-order valence-electron chi connectivity index (χ1n) is 8.89. The van der Waals surface area contributed by atoms with Crippen molar-refractivity contribution in [2.45, 2.75) is 18.5 Å². The SMILES string of the molecule is COC(=O)C(C)(c1ccc(-c2nc(C(F)(F)F)cn2C)cc1)c1nc(Cl)ncc1OC. The lowest BCUT2D eigenvalue weighted by Gasteiger charge is -2.28. The van der Waals surface area contributed by atoms with Crippen LogP contribution < -0.4 is 4.74 Å². The molecule has 0 N–H and O–H groups in total. The lowest BCUT2D eigenvalue weighted by Crippen LogP contribution is -2.36. The lowest BCUT2D eigenvalue weighted by molar-refractivity contribution is -0.145. The number of hydrogen-bond donors (Lipinski definition) is 0. The van der Waals surface area contributed by atoms with Crippen molar-refractivity contribution in [1.82, 2.24) is 19.5 Å². The number of benzene rings is 1. The predicted molar refractivity (Wildman–Crippen MR) is 106 cm³/mol. The Morgan fingerprint density at radius 3 is 2.29 bits per heavy atom. The maximum Gasteiger partial charge on any atom is 0.434 e. The van der Waals surface area contributed by atoms with E-state index in [1.165, 1.54) is 32.0 Å². The maximum atomic E-state index is 13.0. The Morgan fingerprint density at radius 1 is 1.13 bits per heavy atom.